The summed E-state index contributed by atoms with van der Waals surface area (Å²) in [5, 5.41) is 3.00. The number of rotatable bonds is 17. The molecule has 25 heavy (non-hydrogen) atoms. The highest BCUT2D eigenvalue weighted by Gasteiger charge is 2.08. The molecule has 1 N–H and O–H groups in total. The van der Waals surface area contributed by atoms with Crippen LogP contribution in [-0.4, -0.2) is 31.4 Å². The van der Waals surface area contributed by atoms with Crippen LogP contribution in [0.25, 0.3) is 0 Å². The van der Waals surface area contributed by atoms with Crippen LogP contribution in [0.15, 0.2) is 0 Å². The second-order valence-corrected chi connectivity index (χ2v) is 7.41. The van der Waals surface area contributed by atoms with E-state index in [4.69, 9.17) is 4.74 Å². The van der Waals surface area contributed by atoms with Gasteiger partial charge in [-0.3, -0.25) is 9.59 Å². The van der Waals surface area contributed by atoms with Gasteiger partial charge in [-0.2, -0.15) is 0 Å². The molecule has 1 unspecified atom stereocenters. The Bertz CT molecular complexity index is 342. The molecule has 0 aliphatic rings. The summed E-state index contributed by atoms with van der Waals surface area (Å²) in [6, 6.07) is 0. The van der Waals surface area contributed by atoms with E-state index < -0.39 is 0 Å². The highest BCUT2D eigenvalue weighted by molar-refractivity contribution is 5.80. The summed E-state index contributed by atoms with van der Waals surface area (Å²) in [4.78, 5) is 23.1. The fourth-order valence-electron chi connectivity index (χ4n) is 2.50. The molecule has 0 aromatic rings. The minimum absolute atomic E-state index is 0.132. The monoisotopic (exact) mass is 355 g/mol. The molecule has 0 spiro atoms. The number of unbranched alkanes of at least 4 members (excludes halogenated alkanes) is 6. The first kappa shape index (κ1) is 24.1. The van der Waals surface area contributed by atoms with Crippen molar-refractivity contribution in [2.45, 2.75) is 91.9 Å². The Morgan fingerprint density at radius 3 is 2.00 bits per heavy atom. The van der Waals surface area contributed by atoms with Crippen molar-refractivity contribution in [2.75, 3.05) is 19.8 Å². The molecule has 0 saturated heterocycles. The van der Waals surface area contributed by atoms with Crippen LogP contribution in [0.4, 0.5) is 0 Å². The van der Waals surface area contributed by atoms with E-state index in [0.29, 0.717) is 5.78 Å². The number of carbonyl (C=O) groups is 2. The molecule has 0 aromatic carbocycles. The molecule has 0 aliphatic carbocycles. The Morgan fingerprint density at radius 2 is 1.40 bits per heavy atom. The zero-order valence-electron chi connectivity index (χ0n) is 17.1. The normalized spacial score (nSPS) is 12.4. The van der Waals surface area contributed by atoms with Gasteiger partial charge in [0.25, 0.3) is 0 Å². The number of Topliss-reactive ketones (excluding diaryl/α,β-unsaturated/α-hetero) is 1. The second kappa shape index (κ2) is 16.6. The summed E-state index contributed by atoms with van der Waals surface area (Å²) >= 11 is 0. The van der Waals surface area contributed by atoms with Gasteiger partial charge in [-0.05, 0) is 32.1 Å². The van der Waals surface area contributed by atoms with Crippen molar-refractivity contribution in [3.8, 4) is 0 Å². The first-order valence-electron chi connectivity index (χ1n) is 10.4. The maximum Gasteiger partial charge on any atom is 0.222 e. The Labute approximate surface area is 155 Å². The van der Waals surface area contributed by atoms with Crippen LogP contribution in [0.3, 0.4) is 0 Å². The highest BCUT2D eigenvalue weighted by Crippen LogP contribution is 2.07. The average molecular weight is 356 g/mol. The van der Waals surface area contributed by atoms with E-state index in [1.54, 1.807) is 0 Å². The molecule has 0 bridgehead atoms. The molecule has 4 heteroatoms. The third kappa shape index (κ3) is 15.1. The van der Waals surface area contributed by atoms with Gasteiger partial charge in [0, 0.05) is 38.0 Å². The average Bonchev–Trinajstić information content (AvgIpc) is 2.60. The van der Waals surface area contributed by atoms with Crippen molar-refractivity contribution in [1.29, 1.82) is 0 Å². The molecule has 1 amide bonds. The largest absolute Gasteiger partial charge is 0.381 e. The standard InChI is InChI=1S/C21H41NO3/c1-5-19(4)21(24)22-15-11-7-6-8-12-16-25-17-13-9-10-14-20(23)18(2)3/h18-19H,5-17H2,1-4H3,(H,22,24). The van der Waals surface area contributed by atoms with Crippen molar-refractivity contribution < 1.29 is 14.3 Å². The Morgan fingerprint density at radius 1 is 0.840 bits per heavy atom. The number of ketones is 1. The van der Waals surface area contributed by atoms with Gasteiger partial charge < -0.3 is 10.1 Å². The van der Waals surface area contributed by atoms with Gasteiger partial charge >= 0.3 is 0 Å². The fourth-order valence-corrected chi connectivity index (χ4v) is 2.50. The van der Waals surface area contributed by atoms with E-state index in [0.717, 1.165) is 64.7 Å². The van der Waals surface area contributed by atoms with Gasteiger partial charge in [0.2, 0.25) is 5.91 Å². The van der Waals surface area contributed by atoms with E-state index in [1.807, 2.05) is 27.7 Å². The van der Waals surface area contributed by atoms with Crippen molar-refractivity contribution in [2.24, 2.45) is 11.8 Å². The fraction of sp³-hybridized carbons (Fsp3) is 0.905. The molecule has 148 valence electrons. The molecule has 0 heterocycles. The van der Waals surface area contributed by atoms with Crippen LogP contribution in [0.2, 0.25) is 0 Å². The zero-order chi connectivity index (χ0) is 18.9. The van der Waals surface area contributed by atoms with Gasteiger partial charge in [0.15, 0.2) is 0 Å². The van der Waals surface area contributed by atoms with Crippen LogP contribution in [0.5, 0.6) is 0 Å². The van der Waals surface area contributed by atoms with Crippen molar-refractivity contribution in [1.82, 2.24) is 5.32 Å². The van der Waals surface area contributed by atoms with E-state index in [-0.39, 0.29) is 17.7 Å². The van der Waals surface area contributed by atoms with Crippen LogP contribution >= 0.6 is 0 Å². The summed E-state index contributed by atoms with van der Waals surface area (Å²) in [6.45, 7) is 10.4. The Hall–Kier alpha value is -0.900. The van der Waals surface area contributed by atoms with Crippen LogP contribution in [0, 0.1) is 11.8 Å². The molecular formula is C21H41NO3. The summed E-state index contributed by atoms with van der Waals surface area (Å²) in [7, 11) is 0. The lowest BCUT2D eigenvalue weighted by atomic mass is 10.0. The topological polar surface area (TPSA) is 55.4 Å². The van der Waals surface area contributed by atoms with Crippen LogP contribution in [0.1, 0.15) is 91.9 Å². The minimum atomic E-state index is 0.132. The third-order valence-corrected chi connectivity index (χ3v) is 4.68. The molecule has 0 aliphatic heterocycles. The number of ether oxygens (including phenoxy) is 1. The van der Waals surface area contributed by atoms with Crippen LogP contribution in [-0.2, 0) is 14.3 Å². The lowest BCUT2D eigenvalue weighted by Gasteiger charge is -2.09. The predicted molar refractivity (Wildman–Crippen MR) is 105 cm³/mol. The summed E-state index contributed by atoms with van der Waals surface area (Å²) < 4.78 is 5.64. The number of nitrogens with one attached hydrogen (secondary N) is 1. The minimum Gasteiger partial charge on any atom is -0.381 e. The van der Waals surface area contributed by atoms with Gasteiger partial charge in [-0.1, -0.05) is 53.4 Å². The first-order chi connectivity index (χ1) is 12.0. The van der Waals surface area contributed by atoms with E-state index >= 15 is 0 Å². The second-order valence-electron chi connectivity index (χ2n) is 7.41. The number of hydrogen-bond acceptors (Lipinski definition) is 3. The lowest BCUT2D eigenvalue weighted by Crippen LogP contribution is -2.29. The molecule has 0 fully saturated rings. The van der Waals surface area contributed by atoms with Crippen LogP contribution < -0.4 is 5.32 Å². The molecular weight excluding hydrogens is 314 g/mol. The molecule has 4 nitrogen and oxygen atoms in total. The van der Waals surface area contributed by atoms with E-state index in [1.165, 1.54) is 19.3 Å². The number of amides is 1. The quantitative estimate of drug-likeness (QED) is 0.377. The molecule has 0 saturated carbocycles. The summed E-state index contributed by atoms with van der Waals surface area (Å²) in [5.41, 5.74) is 0. The maximum atomic E-state index is 11.6. The number of carbonyl (C=O) groups excluding carboxylic acids is 2. The van der Waals surface area contributed by atoms with Gasteiger partial charge in [-0.25, -0.2) is 0 Å². The van der Waals surface area contributed by atoms with Gasteiger partial charge in [-0.15, -0.1) is 0 Å². The smallest absolute Gasteiger partial charge is 0.222 e. The Balaban J connectivity index is 3.19. The highest BCUT2D eigenvalue weighted by atomic mass is 16.5. The number of hydrogen-bond donors (Lipinski definition) is 1. The maximum absolute atomic E-state index is 11.6. The van der Waals surface area contributed by atoms with Crippen molar-refractivity contribution in [3.63, 3.8) is 0 Å². The molecule has 0 aromatic heterocycles. The molecule has 0 rings (SSSR count). The zero-order valence-corrected chi connectivity index (χ0v) is 17.1. The molecule has 1 atom stereocenters. The SMILES string of the molecule is CCC(C)C(=O)NCCCCCCCOCCCCCC(=O)C(C)C. The predicted octanol–water partition coefficient (Wildman–Crippen LogP) is 4.90. The van der Waals surface area contributed by atoms with Crippen molar-refractivity contribution in [3.05, 3.63) is 0 Å². The Kier molecular flexibility index (Phi) is 16.0. The molecule has 0 radical (unpaired) electrons. The van der Waals surface area contributed by atoms with Crippen molar-refractivity contribution >= 4 is 11.7 Å². The van der Waals surface area contributed by atoms with Gasteiger partial charge in [0.05, 0.1) is 0 Å². The first-order valence-corrected chi connectivity index (χ1v) is 10.4. The lowest BCUT2D eigenvalue weighted by molar-refractivity contribution is -0.124. The summed E-state index contributed by atoms with van der Waals surface area (Å²) in [6.07, 6.45) is 10.5. The van der Waals surface area contributed by atoms with E-state index in [2.05, 4.69) is 5.32 Å². The van der Waals surface area contributed by atoms with E-state index in [9.17, 15) is 9.59 Å². The summed E-state index contributed by atoms with van der Waals surface area (Å²) in [5.74, 6) is 0.866. The third-order valence-electron chi connectivity index (χ3n) is 4.68. The van der Waals surface area contributed by atoms with Gasteiger partial charge in [0.1, 0.15) is 5.78 Å².